The minimum atomic E-state index is 0.369. The van der Waals surface area contributed by atoms with Crippen LogP contribution in [0.1, 0.15) is 44.0 Å². The normalized spacial score (nSPS) is 14.7. The molecule has 2 atom stereocenters. The zero-order valence-corrected chi connectivity index (χ0v) is 12.4. The molecule has 1 N–H and O–H groups in total. The van der Waals surface area contributed by atoms with Gasteiger partial charge >= 0.3 is 0 Å². The second kappa shape index (κ2) is 7.54. The minimum Gasteiger partial charge on any atom is -0.385 e. The Morgan fingerprint density at radius 2 is 2.22 bits per heavy atom. The third-order valence-corrected chi connectivity index (χ3v) is 3.57. The van der Waals surface area contributed by atoms with Crippen LogP contribution in [0.5, 0.6) is 0 Å². The fraction of sp³-hybridized carbons (Fsp3) is 0.786. The number of aromatic nitrogens is 2. The average molecular weight is 253 g/mol. The van der Waals surface area contributed by atoms with Gasteiger partial charge in [0.1, 0.15) is 0 Å². The number of rotatable bonds is 8. The Bertz CT molecular complexity index is 349. The largest absolute Gasteiger partial charge is 0.385 e. The number of hydrogen-bond acceptors (Lipinski definition) is 3. The number of nitrogens with zero attached hydrogens (tertiary/aromatic N) is 2. The van der Waals surface area contributed by atoms with Crippen molar-refractivity contribution in [3.05, 3.63) is 17.5 Å². The average Bonchev–Trinajstić information content (AvgIpc) is 2.69. The number of methoxy groups -OCH3 is 1. The van der Waals surface area contributed by atoms with Gasteiger partial charge in [0, 0.05) is 38.1 Å². The maximum atomic E-state index is 5.19. The van der Waals surface area contributed by atoms with Crippen LogP contribution in [0.15, 0.2) is 6.20 Å². The van der Waals surface area contributed by atoms with E-state index >= 15 is 0 Å². The number of nitrogens with one attached hydrogen (secondary N) is 1. The molecule has 0 spiro atoms. The Morgan fingerprint density at radius 3 is 2.72 bits per heavy atom. The molecule has 1 heterocycles. The molecule has 18 heavy (non-hydrogen) atoms. The molecule has 0 aliphatic rings. The fourth-order valence-electron chi connectivity index (χ4n) is 2.21. The van der Waals surface area contributed by atoms with Crippen molar-refractivity contribution in [2.75, 3.05) is 20.3 Å². The zero-order valence-electron chi connectivity index (χ0n) is 12.4. The van der Waals surface area contributed by atoms with E-state index in [1.165, 1.54) is 11.3 Å². The van der Waals surface area contributed by atoms with Crippen molar-refractivity contribution < 1.29 is 4.74 Å². The molecule has 4 nitrogen and oxygen atoms in total. The van der Waals surface area contributed by atoms with Crippen molar-refractivity contribution >= 4 is 0 Å². The van der Waals surface area contributed by atoms with Crippen molar-refractivity contribution in [3.63, 3.8) is 0 Å². The van der Waals surface area contributed by atoms with Gasteiger partial charge in [-0.15, -0.1) is 0 Å². The van der Waals surface area contributed by atoms with Crippen LogP contribution in [-0.4, -0.2) is 30.0 Å². The standard InChI is InChI=1S/C14H27N3O/c1-6-8-15-14(11(2)7-9-18-5)13-10-16-17(4)12(13)3/h10-11,14-15H,6-9H2,1-5H3. The predicted molar refractivity (Wildman–Crippen MR) is 74.6 cm³/mol. The summed E-state index contributed by atoms with van der Waals surface area (Å²) >= 11 is 0. The smallest absolute Gasteiger partial charge is 0.0540 e. The van der Waals surface area contributed by atoms with E-state index in [4.69, 9.17) is 4.74 Å². The number of hydrogen-bond donors (Lipinski definition) is 1. The Labute approximate surface area is 111 Å². The van der Waals surface area contributed by atoms with E-state index in [-0.39, 0.29) is 0 Å². The van der Waals surface area contributed by atoms with Gasteiger partial charge in [-0.05, 0) is 32.2 Å². The van der Waals surface area contributed by atoms with Gasteiger partial charge in [-0.2, -0.15) is 5.10 Å². The molecule has 1 rings (SSSR count). The van der Waals surface area contributed by atoms with Crippen LogP contribution >= 0.6 is 0 Å². The highest BCUT2D eigenvalue weighted by atomic mass is 16.5. The summed E-state index contributed by atoms with van der Waals surface area (Å²) in [7, 11) is 3.76. The van der Waals surface area contributed by atoms with Gasteiger partial charge in [-0.3, -0.25) is 4.68 Å². The lowest BCUT2D eigenvalue weighted by Gasteiger charge is -2.25. The van der Waals surface area contributed by atoms with Gasteiger partial charge in [0.15, 0.2) is 0 Å². The lowest BCUT2D eigenvalue weighted by atomic mass is 9.92. The molecular weight excluding hydrogens is 226 g/mol. The zero-order chi connectivity index (χ0) is 13.5. The first-order valence-corrected chi connectivity index (χ1v) is 6.82. The first-order valence-electron chi connectivity index (χ1n) is 6.82. The lowest BCUT2D eigenvalue weighted by molar-refractivity contribution is 0.170. The molecule has 104 valence electrons. The van der Waals surface area contributed by atoms with Crippen LogP contribution < -0.4 is 5.32 Å². The fourth-order valence-corrected chi connectivity index (χ4v) is 2.21. The van der Waals surface area contributed by atoms with Crippen LogP contribution in [-0.2, 0) is 11.8 Å². The van der Waals surface area contributed by atoms with Gasteiger partial charge in [-0.1, -0.05) is 13.8 Å². The highest BCUT2D eigenvalue weighted by molar-refractivity contribution is 5.21. The third kappa shape index (κ3) is 3.82. The third-order valence-electron chi connectivity index (χ3n) is 3.57. The summed E-state index contributed by atoms with van der Waals surface area (Å²) < 4.78 is 7.13. The first kappa shape index (κ1) is 15.2. The van der Waals surface area contributed by atoms with Crippen LogP contribution in [0.3, 0.4) is 0 Å². The maximum absolute atomic E-state index is 5.19. The summed E-state index contributed by atoms with van der Waals surface area (Å²) in [6, 6.07) is 0.369. The van der Waals surface area contributed by atoms with Crippen molar-refractivity contribution in [2.45, 2.75) is 39.7 Å². The Kier molecular flexibility index (Phi) is 6.36. The highest BCUT2D eigenvalue weighted by Crippen LogP contribution is 2.26. The van der Waals surface area contributed by atoms with Gasteiger partial charge in [0.25, 0.3) is 0 Å². The number of ether oxygens (including phenoxy) is 1. The first-order chi connectivity index (χ1) is 8.61. The van der Waals surface area contributed by atoms with Gasteiger partial charge in [0.05, 0.1) is 6.20 Å². The van der Waals surface area contributed by atoms with Crippen LogP contribution in [0.25, 0.3) is 0 Å². The highest BCUT2D eigenvalue weighted by Gasteiger charge is 2.22. The molecule has 0 aliphatic heterocycles. The molecule has 0 saturated carbocycles. The van der Waals surface area contributed by atoms with E-state index in [2.05, 4.69) is 31.2 Å². The second-order valence-electron chi connectivity index (χ2n) is 5.00. The molecule has 0 aliphatic carbocycles. The molecule has 1 aromatic heterocycles. The maximum Gasteiger partial charge on any atom is 0.0540 e. The summed E-state index contributed by atoms with van der Waals surface area (Å²) in [6.07, 6.45) is 4.20. The van der Waals surface area contributed by atoms with E-state index in [1.54, 1.807) is 7.11 Å². The quantitative estimate of drug-likeness (QED) is 0.773. The monoisotopic (exact) mass is 253 g/mol. The van der Waals surface area contributed by atoms with E-state index in [0.29, 0.717) is 12.0 Å². The summed E-state index contributed by atoms with van der Waals surface area (Å²) in [4.78, 5) is 0. The molecule has 0 fully saturated rings. The van der Waals surface area contributed by atoms with Crippen LogP contribution in [0, 0.1) is 12.8 Å². The summed E-state index contributed by atoms with van der Waals surface area (Å²) in [5.74, 6) is 0.541. The topological polar surface area (TPSA) is 39.1 Å². The molecule has 4 heteroatoms. The summed E-state index contributed by atoms with van der Waals surface area (Å²) in [6.45, 7) is 8.45. The van der Waals surface area contributed by atoms with E-state index in [0.717, 1.165) is 26.0 Å². The lowest BCUT2D eigenvalue weighted by Crippen LogP contribution is -2.28. The van der Waals surface area contributed by atoms with Gasteiger partial charge < -0.3 is 10.1 Å². The van der Waals surface area contributed by atoms with Crippen LogP contribution in [0.2, 0.25) is 0 Å². The molecule has 0 amide bonds. The second-order valence-corrected chi connectivity index (χ2v) is 5.00. The summed E-state index contributed by atoms with van der Waals surface area (Å²) in [5.41, 5.74) is 2.56. The van der Waals surface area contributed by atoms with E-state index in [9.17, 15) is 0 Å². The SMILES string of the molecule is CCCNC(c1cnn(C)c1C)C(C)CCOC. The van der Waals surface area contributed by atoms with Crippen molar-refractivity contribution in [2.24, 2.45) is 13.0 Å². The predicted octanol–water partition coefficient (Wildman–Crippen LogP) is 2.44. The van der Waals surface area contributed by atoms with E-state index in [1.807, 2.05) is 17.9 Å². The Morgan fingerprint density at radius 1 is 1.50 bits per heavy atom. The molecule has 0 bridgehead atoms. The van der Waals surface area contributed by atoms with Gasteiger partial charge in [-0.25, -0.2) is 0 Å². The molecule has 0 radical (unpaired) electrons. The number of aryl methyl sites for hydroxylation is 1. The van der Waals surface area contributed by atoms with Crippen LogP contribution in [0.4, 0.5) is 0 Å². The Hall–Kier alpha value is -0.870. The van der Waals surface area contributed by atoms with Gasteiger partial charge in [0.2, 0.25) is 0 Å². The molecule has 0 aromatic carbocycles. The van der Waals surface area contributed by atoms with Crippen molar-refractivity contribution in [1.29, 1.82) is 0 Å². The van der Waals surface area contributed by atoms with Crippen molar-refractivity contribution in [1.82, 2.24) is 15.1 Å². The molecule has 0 saturated heterocycles. The van der Waals surface area contributed by atoms with E-state index < -0.39 is 0 Å². The molecule has 2 unspecified atom stereocenters. The summed E-state index contributed by atoms with van der Waals surface area (Å²) in [5, 5.41) is 7.99. The Balaban J connectivity index is 2.80. The van der Waals surface area contributed by atoms with Crippen molar-refractivity contribution in [3.8, 4) is 0 Å². The molecule has 1 aromatic rings. The minimum absolute atomic E-state index is 0.369. The molecular formula is C14H27N3O.